The van der Waals surface area contributed by atoms with Gasteiger partial charge in [0.1, 0.15) is 0 Å². The predicted molar refractivity (Wildman–Crippen MR) is 51.4 cm³/mol. The number of hydrogen-bond acceptors (Lipinski definition) is 4. The number of aliphatic carboxylic acids is 1. The lowest BCUT2D eigenvalue weighted by Gasteiger charge is -1.98. The number of phenolic OH excluding ortho intramolecular Hbond substituents is 1. The summed E-state index contributed by atoms with van der Waals surface area (Å²) in [7, 11) is 0. The highest BCUT2D eigenvalue weighted by Crippen LogP contribution is 2.29. The van der Waals surface area contributed by atoms with Crippen LogP contribution in [0.2, 0.25) is 0 Å². The third-order valence-electron chi connectivity index (χ3n) is 1.65. The number of nitro benzene ring substituents is 1. The summed E-state index contributed by atoms with van der Waals surface area (Å²) in [5.74, 6) is -1.74. The number of para-hydroxylation sites is 1. The largest absolute Gasteiger partial charge is 0.502 e. The highest BCUT2D eigenvalue weighted by atomic mass is 16.6. The molecule has 0 aliphatic rings. The molecule has 0 atom stereocenters. The van der Waals surface area contributed by atoms with Gasteiger partial charge in [0.15, 0.2) is 0 Å². The summed E-state index contributed by atoms with van der Waals surface area (Å²) in [6.45, 7) is 0. The molecule has 6 nitrogen and oxygen atoms in total. The van der Waals surface area contributed by atoms with Gasteiger partial charge in [-0.05, 0) is 6.08 Å². The van der Waals surface area contributed by atoms with Crippen LogP contribution in [0.5, 0.6) is 5.75 Å². The average Bonchev–Trinajstić information content (AvgIpc) is 2.15. The third kappa shape index (κ3) is 2.53. The molecule has 0 saturated carbocycles. The van der Waals surface area contributed by atoms with Gasteiger partial charge in [0, 0.05) is 17.7 Å². The van der Waals surface area contributed by atoms with Crippen LogP contribution in [-0.2, 0) is 4.79 Å². The highest BCUT2D eigenvalue weighted by Gasteiger charge is 2.14. The van der Waals surface area contributed by atoms with Crippen LogP contribution in [0.4, 0.5) is 5.69 Å². The molecular formula is C9H7NO5. The second-order valence-corrected chi connectivity index (χ2v) is 2.64. The van der Waals surface area contributed by atoms with Gasteiger partial charge in [-0.1, -0.05) is 12.1 Å². The fourth-order valence-corrected chi connectivity index (χ4v) is 0.992. The zero-order valence-electron chi connectivity index (χ0n) is 7.45. The number of nitro groups is 1. The van der Waals surface area contributed by atoms with E-state index in [4.69, 9.17) is 5.11 Å². The summed E-state index contributed by atoms with van der Waals surface area (Å²) in [6, 6.07) is 3.87. The number of benzene rings is 1. The number of nitrogens with zero attached hydrogens (tertiary/aromatic N) is 1. The van der Waals surface area contributed by atoms with Gasteiger partial charge in [-0.2, -0.15) is 0 Å². The minimum Gasteiger partial charge on any atom is -0.502 e. The normalized spacial score (nSPS) is 10.4. The first-order valence-corrected chi connectivity index (χ1v) is 3.89. The lowest BCUT2D eigenvalue weighted by Crippen LogP contribution is -1.90. The summed E-state index contributed by atoms with van der Waals surface area (Å²) in [5, 5.41) is 28.1. The van der Waals surface area contributed by atoms with Crippen molar-refractivity contribution in [1.82, 2.24) is 0 Å². The van der Waals surface area contributed by atoms with Gasteiger partial charge < -0.3 is 10.2 Å². The molecule has 0 saturated heterocycles. The molecule has 0 aliphatic heterocycles. The van der Waals surface area contributed by atoms with E-state index in [1.54, 1.807) is 0 Å². The van der Waals surface area contributed by atoms with E-state index in [0.29, 0.717) is 0 Å². The quantitative estimate of drug-likeness (QED) is 0.445. The first kappa shape index (κ1) is 10.7. The number of carboxylic acids is 1. The van der Waals surface area contributed by atoms with Gasteiger partial charge >= 0.3 is 11.7 Å². The lowest BCUT2D eigenvalue weighted by atomic mass is 10.1. The summed E-state index contributed by atoms with van der Waals surface area (Å²) >= 11 is 0. The number of carbonyl (C=O) groups is 1. The zero-order chi connectivity index (χ0) is 11.4. The summed E-state index contributed by atoms with van der Waals surface area (Å²) in [5.41, 5.74) is -0.367. The standard InChI is InChI=1S/C9H7NO5/c11-8(12)5-4-6-2-1-3-7(9(6)13)10(14)15/h1-5,13H,(H,11,12). The minimum atomic E-state index is -1.19. The Morgan fingerprint density at radius 1 is 1.47 bits per heavy atom. The van der Waals surface area contributed by atoms with E-state index in [1.165, 1.54) is 12.1 Å². The molecule has 0 aliphatic carbocycles. The molecule has 1 aromatic rings. The van der Waals surface area contributed by atoms with E-state index >= 15 is 0 Å². The molecule has 78 valence electrons. The van der Waals surface area contributed by atoms with Gasteiger partial charge in [0.2, 0.25) is 5.75 Å². The molecule has 0 amide bonds. The number of phenols is 1. The smallest absolute Gasteiger partial charge is 0.328 e. The third-order valence-corrected chi connectivity index (χ3v) is 1.65. The molecule has 15 heavy (non-hydrogen) atoms. The van der Waals surface area contributed by atoms with Gasteiger partial charge in [0.05, 0.1) is 4.92 Å². The molecule has 6 heteroatoms. The van der Waals surface area contributed by atoms with Gasteiger partial charge in [-0.3, -0.25) is 10.1 Å². The summed E-state index contributed by atoms with van der Waals surface area (Å²) < 4.78 is 0. The van der Waals surface area contributed by atoms with E-state index in [1.807, 2.05) is 0 Å². The van der Waals surface area contributed by atoms with Crippen LogP contribution in [0.3, 0.4) is 0 Å². The maximum absolute atomic E-state index is 10.4. The molecule has 0 spiro atoms. The van der Waals surface area contributed by atoms with E-state index < -0.39 is 22.3 Å². The second-order valence-electron chi connectivity index (χ2n) is 2.64. The molecule has 0 radical (unpaired) electrons. The lowest BCUT2D eigenvalue weighted by molar-refractivity contribution is -0.385. The van der Waals surface area contributed by atoms with Crippen LogP contribution >= 0.6 is 0 Å². The molecule has 0 heterocycles. The van der Waals surface area contributed by atoms with Crippen molar-refractivity contribution < 1.29 is 19.9 Å². The van der Waals surface area contributed by atoms with Crippen molar-refractivity contribution in [3.63, 3.8) is 0 Å². The Bertz CT molecular complexity index is 438. The van der Waals surface area contributed by atoms with Crippen molar-refractivity contribution in [2.24, 2.45) is 0 Å². The van der Waals surface area contributed by atoms with Crippen molar-refractivity contribution in [2.75, 3.05) is 0 Å². The Kier molecular flexibility index (Phi) is 3.02. The fraction of sp³-hybridized carbons (Fsp3) is 0. The maximum Gasteiger partial charge on any atom is 0.328 e. The van der Waals surface area contributed by atoms with Crippen molar-refractivity contribution in [2.45, 2.75) is 0 Å². The molecule has 0 aromatic heterocycles. The minimum absolute atomic E-state index is 0.0894. The summed E-state index contributed by atoms with van der Waals surface area (Å²) in [4.78, 5) is 19.9. The van der Waals surface area contributed by atoms with E-state index in [-0.39, 0.29) is 5.56 Å². The molecule has 0 unspecified atom stereocenters. The van der Waals surface area contributed by atoms with Gasteiger partial charge in [-0.25, -0.2) is 4.79 Å². The monoisotopic (exact) mass is 209 g/mol. The van der Waals surface area contributed by atoms with Crippen LogP contribution in [0, 0.1) is 10.1 Å². The van der Waals surface area contributed by atoms with E-state index in [2.05, 4.69) is 0 Å². The van der Waals surface area contributed by atoms with E-state index in [0.717, 1.165) is 18.2 Å². The maximum atomic E-state index is 10.4. The van der Waals surface area contributed by atoms with Crippen LogP contribution in [-0.4, -0.2) is 21.1 Å². The molecular weight excluding hydrogens is 202 g/mol. The molecule has 0 bridgehead atoms. The van der Waals surface area contributed by atoms with Gasteiger partial charge in [0.25, 0.3) is 0 Å². The van der Waals surface area contributed by atoms with Crippen molar-refractivity contribution in [3.8, 4) is 5.75 Å². The number of rotatable bonds is 3. The molecule has 0 fully saturated rings. The first-order chi connectivity index (χ1) is 7.02. The topological polar surface area (TPSA) is 101 Å². The Morgan fingerprint density at radius 3 is 2.67 bits per heavy atom. The van der Waals surface area contributed by atoms with Crippen molar-refractivity contribution >= 4 is 17.7 Å². The Morgan fingerprint density at radius 2 is 2.13 bits per heavy atom. The number of carboxylic acid groups (broad SMARTS) is 1. The molecule has 1 aromatic carbocycles. The zero-order valence-corrected chi connectivity index (χ0v) is 7.45. The molecule has 1 rings (SSSR count). The second kappa shape index (κ2) is 4.23. The Balaban J connectivity index is 3.15. The Hall–Kier alpha value is -2.37. The average molecular weight is 209 g/mol. The summed E-state index contributed by atoms with van der Waals surface area (Å²) in [6.07, 6.45) is 1.88. The Labute approximate surface area is 84.2 Å². The SMILES string of the molecule is O=C(O)C=Cc1cccc([N+](=O)[O-])c1O. The van der Waals surface area contributed by atoms with Gasteiger partial charge in [-0.15, -0.1) is 0 Å². The number of aromatic hydroxyl groups is 1. The first-order valence-electron chi connectivity index (χ1n) is 3.89. The fourth-order valence-electron chi connectivity index (χ4n) is 0.992. The van der Waals surface area contributed by atoms with Crippen molar-refractivity contribution in [3.05, 3.63) is 40.0 Å². The van der Waals surface area contributed by atoms with Crippen LogP contribution in [0.1, 0.15) is 5.56 Å². The van der Waals surface area contributed by atoms with Crippen LogP contribution in [0.15, 0.2) is 24.3 Å². The highest BCUT2D eigenvalue weighted by molar-refractivity contribution is 5.86. The van der Waals surface area contributed by atoms with Crippen LogP contribution in [0.25, 0.3) is 6.08 Å². The van der Waals surface area contributed by atoms with Crippen LogP contribution < -0.4 is 0 Å². The number of hydrogen-bond donors (Lipinski definition) is 2. The molecule has 2 N–H and O–H groups in total. The van der Waals surface area contributed by atoms with E-state index in [9.17, 15) is 20.0 Å². The predicted octanol–water partition coefficient (Wildman–Crippen LogP) is 1.40. The van der Waals surface area contributed by atoms with Crippen molar-refractivity contribution in [1.29, 1.82) is 0 Å².